The molecule has 26 heavy (non-hydrogen) atoms. The van der Waals surface area contributed by atoms with Crippen LogP contribution in [0.2, 0.25) is 0 Å². The van der Waals surface area contributed by atoms with Crippen LogP contribution in [-0.2, 0) is 5.54 Å². The van der Waals surface area contributed by atoms with Crippen LogP contribution in [-0.4, -0.2) is 26.2 Å². The lowest BCUT2D eigenvalue weighted by Gasteiger charge is -2.20. The summed E-state index contributed by atoms with van der Waals surface area (Å²) in [4.78, 5) is 14.8. The first kappa shape index (κ1) is 16.8. The number of rotatable bonds is 5. The summed E-state index contributed by atoms with van der Waals surface area (Å²) in [6.45, 7) is 2.25. The molecule has 0 bridgehead atoms. The van der Waals surface area contributed by atoms with Crippen molar-refractivity contribution in [1.82, 2.24) is 5.32 Å². The molecule has 2 aromatic rings. The second-order valence-corrected chi connectivity index (χ2v) is 7.13. The number of ether oxygens (including phenoxy) is 1. The number of carbonyl (C=O) groups is 1. The average Bonchev–Trinajstić information content (AvgIpc) is 3.23. The Kier molecular flexibility index (Phi) is 4.45. The lowest BCUT2D eigenvalue weighted by atomic mass is 10.1. The number of amides is 2. The van der Waals surface area contributed by atoms with E-state index >= 15 is 0 Å². The van der Waals surface area contributed by atoms with E-state index in [1.807, 2.05) is 36.4 Å². The van der Waals surface area contributed by atoms with E-state index in [0.29, 0.717) is 0 Å². The molecule has 2 N–H and O–H groups in total. The van der Waals surface area contributed by atoms with E-state index in [1.54, 1.807) is 7.11 Å². The van der Waals surface area contributed by atoms with Crippen LogP contribution in [0.5, 0.6) is 5.75 Å². The van der Waals surface area contributed by atoms with Crippen LogP contribution in [0.1, 0.15) is 31.2 Å². The Morgan fingerprint density at radius 1 is 1.00 bits per heavy atom. The minimum atomic E-state index is -0.244. The van der Waals surface area contributed by atoms with E-state index in [9.17, 15) is 4.79 Å². The molecule has 4 rings (SSSR count). The topological polar surface area (TPSA) is 53.6 Å². The van der Waals surface area contributed by atoms with Crippen LogP contribution >= 0.6 is 0 Å². The highest BCUT2D eigenvalue weighted by Crippen LogP contribution is 2.45. The summed E-state index contributed by atoms with van der Waals surface area (Å²) in [5.41, 5.74) is 2.92. The smallest absolute Gasteiger partial charge is 0.319 e. The van der Waals surface area contributed by atoms with Crippen molar-refractivity contribution in [3.8, 4) is 5.75 Å². The van der Waals surface area contributed by atoms with Gasteiger partial charge in [0.2, 0.25) is 0 Å². The van der Waals surface area contributed by atoms with E-state index in [2.05, 4.69) is 27.7 Å². The van der Waals surface area contributed by atoms with Crippen molar-refractivity contribution in [1.29, 1.82) is 0 Å². The summed E-state index contributed by atoms with van der Waals surface area (Å²) in [5, 5.41) is 6.09. The third-order valence-corrected chi connectivity index (χ3v) is 5.34. The summed E-state index contributed by atoms with van der Waals surface area (Å²) in [6.07, 6.45) is 4.44. The Morgan fingerprint density at radius 2 is 1.65 bits per heavy atom. The molecular formula is C21H25N3O2. The molecule has 1 saturated carbocycles. The molecule has 5 heteroatoms. The van der Waals surface area contributed by atoms with Gasteiger partial charge in [0, 0.05) is 24.5 Å². The first-order valence-electron chi connectivity index (χ1n) is 9.27. The molecule has 2 aromatic carbocycles. The molecule has 5 nitrogen and oxygen atoms in total. The van der Waals surface area contributed by atoms with Gasteiger partial charge in [0.15, 0.2) is 0 Å². The van der Waals surface area contributed by atoms with E-state index in [4.69, 9.17) is 4.74 Å². The molecule has 0 aromatic heterocycles. The van der Waals surface area contributed by atoms with Crippen molar-refractivity contribution < 1.29 is 9.53 Å². The van der Waals surface area contributed by atoms with Crippen molar-refractivity contribution in [3.05, 3.63) is 54.1 Å². The highest BCUT2D eigenvalue weighted by Gasteiger charge is 2.45. The number of carbonyl (C=O) groups excluding carboxylic acids is 1. The first-order chi connectivity index (χ1) is 12.7. The molecule has 0 unspecified atom stereocenters. The maximum Gasteiger partial charge on any atom is 0.319 e. The highest BCUT2D eigenvalue weighted by atomic mass is 16.5. The van der Waals surface area contributed by atoms with Crippen molar-refractivity contribution >= 4 is 17.4 Å². The number of methoxy groups -OCH3 is 1. The van der Waals surface area contributed by atoms with Gasteiger partial charge in [0.05, 0.1) is 12.6 Å². The van der Waals surface area contributed by atoms with E-state index in [1.165, 1.54) is 18.5 Å². The molecule has 0 spiro atoms. The van der Waals surface area contributed by atoms with Gasteiger partial charge in [0.1, 0.15) is 5.75 Å². The summed E-state index contributed by atoms with van der Waals surface area (Å²) >= 11 is 0. The van der Waals surface area contributed by atoms with Gasteiger partial charge in [-0.15, -0.1) is 0 Å². The first-order valence-corrected chi connectivity index (χ1v) is 9.27. The second-order valence-electron chi connectivity index (χ2n) is 7.13. The van der Waals surface area contributed by atoms with Gasteiger partial charge >= 0.3 is 6.03 Å². The Labute approximate surface area is 154 Å². The molecular weight excluding hydrogens is 326 g/mol. The minimum absolute atomic E-state index is 0.160. The Morgan fingerprint density at radius 3 is 2.23 bits per heavy atom. The monoisotopic (exact) mass is 351 g/mol. The maximum absolute atomic E-state index is 12.4. The van der Waals surface area contributed by atoms with E-state index < -0.39 is 0 Å². The van der Waals surface area contributed by atoms with Crippen LogP contribution in [0.3, 0.4) is 0 Å². The number of hydrogen-bond donors (Lipinski definition) is 2. The van der Waals surface area contributed by atoms with Crippen LogP contribution in [0.25, 0.3) is 0 Å². The Hall–Kier alpha value is -2.69. The third kappa shape index (κ3) is 3.47. The highest BCUT2D eigenvalue weighted by molar-refractivity contribution is 5.90. The van der Waals surface area contributed by atoms with E-state index in [-0.39, 0.29) is 11.6 Å². The second kappa shape index (κ2) is 6.90. The molecule has 0 radical (unpaired) electrons. The number of benzene rings is 2. The fourth-order valence-electron chi connectivity index (χ4n) is 3.63. The van der Waals surface area contributed by atoms with Crippen molar-refractivity contribution in [2.75, 3.05) is 30.4 Å². The third-order valence-electron chi connectivity index (χ3n) is 5.34. The van der Waals surface area contributed by atoms with Gasteiger partial charge in [0.25, 0.3) is 0 Å². The van der Waals surface area contributed by atoms with Gasteiger partial charge < -0.3 is 20.3 Å². The zero-order valence-electron chi connectivity index (χ0n) is 15.1. The van der Waals surface area contributed by atoms with E-state index in [0.717, 1.165) is 42.9 Å². The number of hydrogen-bond acceptors (Lipinski definition) is 3. The zero-order valence-corrected chi connectivity index (χ0v) is 15.1. The molecule has 2 amide bonds. The molecule has 1 aliphatic heterocycles. The average molecular weight is 351 g/mol. The molecule has 2 aliphatic rings. The predicted molar refractivity (Wildman–Crippen MR) is 104 cm³/mol. The van der Waals surface area contributed by atoms with Crippen molar-refractivity contribution in [3.63, 3.8) is 0 Å². The minimum Gasteiger partial charge on any atom is -0.497 e. The number of urea groups is 1. The number of anilines is 2. The van der Waals surface area contributed by atoms with Crippen LogP contribution < -0.4 is 20.3 Å². The van der Waals surface area contributed by atoms with Crippen molar-refractivity contribution in [2.24, 2.45) is 0 Å². The number of nitrogens with one attached hydrogen (secondary N) is 2. The van der Waals surface area contributed by atoms with Gasteiger partial charge in [-0.05, 0) is 67.6 Å². The lowest BCUT2D eigenvalue weighted by Crippen LogP contribution is -2.38. The van der Waals surface area contributed by atoms with Crippen molar-refractivity contribution in [2.45, 2.75) is 31.2 Å². The molecule has 1 saturated heterocycles. The normalized spacial score (nSPS) is 17.7. The van der Waals surface area contributed by atoms with Gasteiger partial charge in [-0.3, -0.25) is 0 Å². The predicted octanol–water partition coefficient (Wildman–Crippen LogP) is 4.11. The summed E-state index contributed by atoms with van der Waals surface area (Å²) in [5.74, 6) is 0.826. The quantitative estimate of drug-likeness (QED) is 0.852. The molecule has 136 valence electrons. The SMILES string of the molecule is COc1ccc(C2(NC(=O)Nc3ccc(N4CCCC4)cc3)CC2)cc1. The summed E-state index contributed by atoms with van der Waals surface area (Å²) in [7, 11) is 1.66. The molecule has 2 fully saturated rings. The molecule has 1 aliphatic carbocycles. The summed E-state index contributed by atoms with van der Waals surface area (Å²) < 4.78 is 5.21. The summed E-state index contributed by atoms with van der Waals surface area (Å²) in [6, 6.07) is 15.9. The Balaban J connectivity index is 1.37. The maximum atomic E-state index is 12.4. The standard InChI is InChI=1S/C21H25N3O2/c1-26-19-10-4-16(5-11-19)21(12-13-21)23-20(25)22-17-6-8-18(9-7-17)24-14-2-3-15-24/h4-11H,2-3,12-15H2,1H3,(H2,22,23,25). The zero-order chi connectivity index (χ0) is 18.0. The largest absolute Gasteiger partial charge is 0.497 e. The number of nitrogens with zero attached hydrogens (tertiary/aromatic N) is 1. The molecule has 1 heterocycles. The van der Waals surface area contributed by atoms with Crippen LogP contribution in [0.4, 0.5) is 16.2 Å². The van der Waals surface area contributed by atoms with Gasteiger partial charge in [-0.1, -0.05) is 12.1 Å². The molecule has 0 atom stereocenters. The van der Waals surface area contributed by atoms with Gasteiger partial charge in [-0.2, -0.15) is 0 Å². The Bertz CT molecular complexity index is 761. The lowest BCUT2D eigenvalue weighted by molar-refractivity contribution is 0.247. The fourth-order valence-corrected chi connectivity index (χ4v) is 3.63. The van der Waals surface area contributed by atoms with Gasteiger partial charge in [-0.25, -0.2) is 4.79 Å². The van der Waals surface area contributed by atoms with Crippen LogP contribution in [0.15, 0.2) is 48.5 Å². The fraction of sp³-hybridized carbons (Fsp3) is 0.381. The van der Waals surface area contributed by atoms with Crippen LogP contribution in [0, 0.1) is 0 Å².